The Labute approximate surface area is 242 Å². The van der Waals surface area contributed by atoms with Crippen LogP contribution < -0.4 is 24.8 Å². The van der Waals surface area contributed by atoms with Crippen molar-refractivity contribution in [2.75, 3.05) is 0 Å². The van der Waals surface area contributed by atoms with Gasteiger partial charge in [-0.05, 0) is 37.0 Å². The zero-order chi connectivity index (χ0) is 24.9. The van der Waals surface area contributed by atoms with E-state index in [9.17, 15) is 0 Å². The van der Waals surface area contributed by atoms with Gasteiger partial charge in [-0.1, -0.05) is 77.5 Å². The molecule has 1 aliphatic rings. The summed E-state index contributed by atoms with van der Waals surface area (Å²) in [6.45, 7) is 22.0. The Morgan fingerprint density at radius 1 is 0.914 bits per heavy atom. The third-order valence-electron chi connectivity index (χ3n) is 6.22. The van der Waals surface area contributed by atoms with Crippen molar-refractivity contribution in [3.63, 3.8) is 0 Å². The summed E-state index contributed by atoms with van der Waals surface area (Å²) in [6, 6.07) is 17.4. The molecule has 0 nitrogen and oxygen atoms in total. The monoisotopic (exact) mass is 586 g/mol. The van der Waals surface area contributed by atoms with E-state index in [1.807, 2.05) is 0 Å². The first kappa shape index (κ1) is 34.1. The van der Waals surface area contributed by atoms with Gasteiger partial charge in [0.15, 0.2) is 0 Å². The first-order valence-corrected chi connectivity index (χ1v) is 13.5. The summed E-state index contributed by atoms with van der Waals surface area (Å²) in [6.07, 6.45) is 3.51. The largest absolute Gasteiger partial charge is 1.00 e. The zero-order valence-electron chi connectivity index (χ0n) is 23.3. The van der Waals surface area contributed by atoms with Crippen LogP contribution in [0.15, 0.2) is 36.4 Å². The minimum absolute atomic E-state index is 0. The molecule has 0 spiro atoms. The minimum Gasteiger partial charge on any atom is -1.00 e. The topological polar surface area (TPSA) is 0 Å². The van der Waals surface area contributed by atoms with Crippen LogP contribution in [0.5, 0.6) is 0 Å². The first-order valence-electron chi connectivity index (χ1n) is 12.2. The summed E-state index contributed by atoms with van der Waals surface area (Å²) in [5, 5.41) is 0. The van der Waals surface area contributed by atoms with Crippen LogP contribution in [0.2, 0.25) is 0 Å². The third kappa shape index (κ3) is 9.83. The SMILES string of the molecule is CCCc1cc(C(C)(C)C)c[cH-]1.C[C](C)=[Zr+2].Cc1[c-]c2c(cc1C)-c1cc(C)c(C)cc1C2.[Cl-].[Cl-]. The molecule has 3 heteroatoms. The minimum atomic E-state index is 0. The molecular weight excluding hydrogens is 546 g/mol. The van der Waals surface area contributed by atoms with E-state index in [0.29, 0.717) is 5.41 Å². The Morgan fingerprint density at radius 2 is 1.46 bits per heavy atom. The molecule has 0 unspecified atom stereocenters. The number of hydrogen-bond acceptors (Lipinski definition) is 0. The van der Waals surface area contributed by atoms with E-state index >= 15 is 0 Å². The van der Waals surface area contributed by atoms with Crippen LogP contribution in [0.4, 0.5) is 0 Å². The maximum absolute atomic E-state index is 3.54. The molecule has 3 aromatic rings. The van der Waals surface area contributed by atoms with Crippen LogP contribution in [-0.4, -0.2) is 3.21 Å². The Hall–Kier alpha value is -0.877. The van der Waals surface area contributed by atoms with Gasteiger partial charge < -0.3 is 24.8 Å². The molecule has 0 bridgehead atoms. The van der Waals surface area contributed by atoms with Crippen molar-refractivity contribution in [1.82, 2.24) is 0 Å². The van der Waals surface area contributed by atoms with Gasteiger partial charge in [-0.15, -0.1) is 11.1 Å². The molecule has 3 aromatic carbocycles. The quantitative estimate of drug-likeness (QED) is 0.316. The van der Waals surface area contributed by atoms with E-state index in [2.05, 4.69) is 112 Å². The van der Waals surface area contributed by atoms with Crippen molar-refractivity contribution in [2.45, 2.75) is 93.9 Å². The number of rotatable bonds is 2. The second-order valence-corrected chi connectivity index (χ2v) is 13.2. The van der Waals surface area contributed by atoms with Crippen molar-refractivity contribution < 1.29 is 49.0 Å². The van der Waals surface area contributed by atoms with Crippen molar-refractivity contribution in [2.24, 2.45) is 0 Å². The standard InChI is InChI=1S/C17H17.C12H19.C3H6.2ClH.Zr/c1-10-5-14-9-15-6-11(2)13(4)8-17(15)16(14)7-12(10)3;1-5-6-10-7-8-11(9-10)12(2,3)4;1-3-2;;;/h5,7-8H,9H2,1-4H3;7-9H,5-6H2,1-4H3;1-2H3;2*1H;/q2*-1;;;;+2/p-2. The molecule has 190 valence electrons. The van der Waals surface area contributed by atoms with E-state index in [1.165, 1.54) is 71.7 Å². The van der Waals surface area contributed by atoms with Crippen LogP contribution in [0, 0.1) is 33.8 Å². The number of halogens is 2. The number of aryl methyl sites for hydroxylation is 5. The van der Waals surface area contributed by atoms with Crippen LogP contribution in [0.3, 0.4) is 0 Å². The molecule has 0 atom stereocenters. The summed E-state index contributed by atoms with van der Waals surface area (Å²) in [7, 11) is 0. The molecule has 1 aliphatic carbocycles. The third-order valence-corrected chi connectivity index (χ3v) is 6.22. The van der Waals surface area contributed by atoms with Crippen molar-refractivity contribution in [3.05, 3.63) is 87.0 Å². The second kappa shape index (κ2) is 14.8. The van der Waals surface area contributed by atoms with Gasteiger partial charge in [0.1, 0.15) is 0 Å². The Kier molecular flexibility index (Phi) is 14.4. The second-order valence-electron chi connectivity index (χ2n) is 10.7. The summed E-state index contributed by atoms with van der Waals surface area (Å²) in [5.74, 6) is 0. The summed E-state index contributed by atoms with van der Waals surface area (Å²) in [4.78, 5) is 0. The smallest absolute Gasteiger partial charge is 0.0253 e. The number of fused-ring (bicyclic) bond motifs is 3. The van der Waals surface area contributed by atoms with Crippen molar-refractivity contribution in [1.29, 1.82) is 0 Å². The van der Waals surface area contributed by atoms with Gasteiger partial charge in [-0.25, -0.2) is 6.07 Å². The molecule has 0 aromatic heterocycles. The van der Waals surface area contributed by atoms with Gasteiger partial charge in [0.05, 0.1) is 0 Å². The molecule has 0 aliphatic heterocycles. The molecule has 0 radical (unpaired) electrons. The molecule has 0 saturated carbocycles. The van der Waals surface area contributed by atoms with Gasteiger partial charge in [0.25, 0.3) is 0 Å². The van der Waals surface area contributed by atoms with Crippen molar-refractivity contribution in [3.8, 4) is 11.1 Å². The van der Waals surface area contributed by atoms with Crippen LogP contribution >= 0.6 is 0 Å². The van der Waals surface area contributed by atoms with Crippen molar-refractivity contribution >= 4 is 3.21 Å². The fourth-order valence-electron chi connectivity index (χ4n) is 4.05. The van der Waals surface area contributed by atoms with Gasteiger partial charge in [0, 0.05) is 0 Å². The predicted octanol–water partition coefficient (Wildman–Crippen LogP) is 2.70. The molecule has 0 N–H and O–H groups in total. The normalized spacial score (nSPS) is 11.0. The Balaban J connectivity index is 0.000000569. The number of benzene rings is 2. The maximum Gasteiger partial charge on any atom is -0.0253 e. The first-order chi connectivity index (χ1) is 15.3. The fourth-order valence-corrected chi connectivity index (χ4v) is 4.05. The van der Waals surface area contributed by atoms with E-state index in [1.54, 1.807) is 24.2 Å². The molecule has 4 rings (SSSR count). The predicted molar refractivity (Wildman–Crippen MR) is 144 cm³/mol. The van der Waals surface area contributed by atoms with Gasteiger partial charge in [-0.2, -0.15) is 46.5 Å². The van der Waals surface area contributed by atoms with E-state index in [-0.39, 0.29) is 24.8 Å². The molecular formula is C32H42Cl2Zr-2. The van der Waals surface area contributed by atoms with Gasteiger partial charge in [0.2, 0.25) is 0 Å². The van der Waals surface area contributed by atoms with E-state index in [0.717, 1.165) is 6.42 Å². The van der Waals surface area contributed by atoms with Gasteiger partial charge in [-0.3, -0.25) is 0 Å². The fraction of sp³-hybridized carbons (Fsp3) is 0.438. The molecule has 35 heavy (non-hydrogen) atoms. The molecule has 0 amide bonds. The van der Waals surface area contributed by atoms with Crippen LogP contribution in [-0.2, 0) is 42.5 Å². The average Bonchev–Trinajstić information content (AvgIpc) is 3.28. The Morgan fingerprint density at radius 3 is 1.97 bits per heavy atom. The zero-order valence-corrected chi connectivity index (χ0v) is 27.3. The Bertz CT molecular complexity index is 1050. The average molecular weight is 589 g/mol. The van der Waals surface area contributed by atoms with Gasteiger partial charge >= 0.3 is 41.3 Å². The molecule has 0 saturated heterocycles. The molecule has 0 heterocycles. The summed E-state index contributed by atoms with van der Waals surface area (Å²) in [5.41, 5.74) is 14.3. The van der Waals surface area contributed by atoms with E-state index < -0.39 is 0 Å². The summed E-state index contributed by atoms with van der Waals surface area (Å²) < 4.78 is 1.51. The van der Waals surface area contributed by atoms with E-state index in [4.69, 9.17) is 0 Å². The van der Waals surface area contributed by atoms with Crippen LogP contribution in [0.1, 0.15) is 92.5 Å². The number of hydrogen-bond donors (Lipinski definition) is 0. The summed E-state index contributed by atoms with van der Waals surface area (Å²) >= 11 is 1.55. The van der Waals surface area contributed by atoms with Crippen LogP contribution in [0.25, 0.3) is 11.1 Å². The molecule has 0 fully saturated rings. The maximum atomic E-state index is 3.54.